The molecular weight excluding hydrogens is 396 g/mol. The number of rotatable bonds is 6. The second-order valence-electron chi connectivity index (χ2n) is 5.89. The van der Waals surface area contributed by atoms with Gasteiger partial charge in [0, 0.05) is 30.0 Å². The molecule has 7 heteroatoms. The van der Waals surface area contributed by atoms with Crippen LogP contribution in [0.15, 0.2) is 53.0 Å². The number of nitrogens with one attached hydrogen (secondary N) is 2. The first-order valence-corrected chi connectivity index (χ1v) is 9.06. The number of nitrogens with zero attached hydrogens (tertiary/aromatic N) is 2. The van der Waals surface area contributed by atoms with Crippen LogP contribution in [0.1, 0.15) is 12.7 Å². The lowest BCUT2D eigenvalue weighted by Crippen LogP contribution is -2.25. The molecule has 2 amide bonds. The van der Waals surface area contributed by atoms with Crippen molar-refractivity contribution in [3.8, 4) is 0 Å². The average Bonchev–Trinajstić information content (AvgIpc) is 2.92. The third kappa shape index (κ3) is 4.49. The maximum atomic E-state index is 12.5. The molecule has 134 valence electrons. The van der Waals surface area contributed by atoms with Gasteiger partial charge in [0.05, 0.1) is 11.0 Å². The molecule has 0 unspecified atom stereocenters. The fraction of sp³-hybridized carbons (Fsp3) is 0.211. The summed E-state index contributed by atoms with van der Waals surface area (Å²) in [6, 6.07) is 15.2. The van der Waals surface area contributed by atoms with Crippen LogP contribution in [0.4, 0.5) is 5.69 Å². The standard InChI is InChI=1S/C19H19BrN4O2/c1-13(25)21-10-9-18-23-16-7-2-3-8-17(16)24(18)12-19(26)22-15-6-4-5-14(20)11-15/h2-8,11H,9-10,12H2,1H3,(H,21,25)(H,22,26). The van der Waals surface area contributed by atoms with Crippen LogP contribution >= 0.6 is 15.9 Å². The van der Waals surface area contributed by atoms with Crippen LogP contribution in [0.2, 0.25) is 0 Å². The van der Waals surface area contributed by atoms with Crippen molar-refractivity contribution in [2.24, 2.45) is 0 Å². The smallest absolute Gasteiger partial charge is 0.244 e. The molecule has 0 saturated heterocycles. The van der Waals surface area contributed by atoms with Crippen molar-refractivity contribution in [3.63, 3.8) is 0 Å². The van der Waals surface area contributed by atoms with E-state index in [-0.39, 0.29) is 18.4 Å². The summed E-state index contributed by atoms with van der Waals surface area (Å²) >= 11 is 3.40. The van der Waals surface area contributed by atoms with Gasteiger partial charge < -0.3 is 15.2 Å². The first-order valence-electron chi connectivity index (χ1n) is 8.27. The van der Waals surface area contributed by atoms with Gasteiger partial charge in [0.1, 0.15) is 12.4 Å². The maximum Gasteiger partial charge on any atom is 0.244 e. The van der Waals surface area contributed by atoms with Crippen LogP contribution in [-0.2, 0) is 22.6 Å². The van der Waals surface area contributed by atoms with Crippen LogP contribution in [0.3, 0.4) is 0 Å². The van der Waals surface area contributed by atoms with E-state index in [4.69, 9.17) is 0 Å². The number of carbonyl (C=O) groups excluding carboxylic acids is 2. The van der Waals surface area contributed by atoms with E-state index in [1.807, 2.05) is 53.1 Å². The van der Waals surface area contributed by atoms with Crippen molar-refractivity contribution in [1.82, 2.24) is 14.9 Å². The van der Waals surface area contributed by atoms with Crippen LogP contribution in [0.5, 0.6) is 0 Å². The van der Waals surface area contributed by atoms with Crippen LogP contribution in [0.25, 0.3) is 11.0 Å². The zero-order valence-electron chi connectivity index (χ0n) is 14.3. The van der Waals surface area contributed by atoms with Crippen molar-refractivity contribution >= 4 is 44.5 Å². The summed E-state index contributed by atoms with van der Waals surface area (Å²) in [5.41, 5.74) is 2.46. The molecule has 0 radical (unpaired) electrons. The van der Waals surface area contributed by atoms with E-state index in [1.54, 1.807) is 0 Å². The summed E-state index contributed by atoms with van der Waals surface area (Å²) < 4.78 is 2.80. The molecule has 2 N–H and O–H groups in total. The van der Waals surface area contributed by atoms with Gasteiger partial charge in [0.25, 0.3) is 0 Å². The van der Waals surface area contributed by atoms with Crippen LogP contribution in [0, 0.1) is 0 Å². The number of hydrogen-bond acceptors (Lipinski definition) is 3. The minimum atomic E-state index is -0.132. The summed E-state index contributed by atoms with van der Waals surface area (Å²) in [5, 5.41) is 5.67. The second kappa shape index (κ2) is 8.14. The Labute approximate surface area is 159 Å². The van der Waals surface area contributed by atoms with E-state index in [0.29, 0.717) is 13.0 Å². The largest absolute Gasteiger partial charge is 0.356 e. The van der Waals surface area contributed by atoms with Gasteiger partial charge in [0.15, 0.2) is 0 Å². The van der Waals surface area contributed by atoms with Gasteiger partial charge in [-0.05, 0) is 30.3 Å². The highest BCUT2D eigenvalue weighted by molar-refractivity contribution is 9.10. The maximum absolute atomic E-state index is 12.5. The first kappa shape index (κ1) is 18.1. The highest BCUT2D eigenvalue weighted by atomic mass is 79.9. The minimum Gasteiger partial charge on any atom is -0.356 e. The molecule has 0 atom stereocenters. The molecule has 2 aromatic carbocycles. The topological polar surface area (TPSA) is 76.0 Å². The molecule has 1 heterocycles. The third-order valence-electron chi connectivity index (χ3n) is 3.87. The lowest BCUT2D eigenvalue weighted by atomic mass is 10.3. The molecule has 3 aromatic rings. The number of amides is 2. The number of carbonyl (C=O) groups is 2. The van der Waals surface area contributed by atoms with Crippen molar-refractivity contribution < 1.29 is 9.59 Å². The number of aromatic nitrogens is 2. The predicted molar refractivity (Wildman–Crippen MR) is 105 cm³/mol. The zero-order valence-corrected chi connectivity index (χ0v) is 15.9. The number of anilines is 1. The molecule has 0 spiro atoms. The Morgan fingerprint density at radius 1 is 1.15 bits per heavy atom. The molecule has 0 aliphatic heterocycles. The quantitative estimate of drug-likeness (QED) is 0.650. The van der Waals surface area contributed by atoms with Gasteiger partial charge in [-0.1, -0.05) is 34.1 Å². The Morgan fingerprint density at radius 3 is 2.73 bits per heavy atom. The number of para-hydroxylation sites is 2. The van der Waals surface area contributed by atoms with Gasteiger partial charge in [-0.25, -0.2) is 4.98 Å². The molecular formula is C19H19BrN4O2. The molecule has 1 aromatic heterocycles. The van der Waals surface area contributed by atoms with Gasteiger partial charge in [0.2, 0.25) is 11.8 Å². The molecule has 0 bridgehead atoms. The van der Waals surface area contributed by atoms with Crippen molar-refractivity contribution in [1.29, 1.82) is 0 Å². The normalized spacial score (nSPS) is 10.7. The average molecular weight is 415 g/mol. The fourth-order valence-electron chi connectivity index (χ4n) is 2.75. The number of hydrogen-bond donors (Lipinski definition) is 2. The van der Waals surface area contributed by atoms with Gasteiger partial charge in [-0.3, -0.25) is 9.59 Å². The lowest BCUT2D eigenvalue weighted by Gasteiger charge is -2.10. The lowest BCUT2D eigenvalue weighted by molar-refractivity contribution is -0.119. The van der Waals surface area contributed by atoms with Crippen molar-refractivity contribution in [2.75, 3.05) is 11.9 Å². The molecule has 26 heavy (non-hydrogen) atoms. The van der Waals surface area contributed by atoms with Gasteiger partial charge in [-0.15, -0.1) is 0 Å². The van der Waals surface area contributed by atoms with Gasteiger partial charge in [-0.2, -0.15) is 0 Å². The Bertz CT molecular complexity index is 952. The molecule has 3 rings (SSSR count). The Hall–Kier alpha value is -2.67. The Kier molecular flexibility index (Phi) is 5.68. The molecule has 0 saturated carbocycles. The van der Waals surface area contributed by atoms with E-state index in [0.717, 1.165) is 27.0 Å². The third-order valence-corrected chi connectivity index (χ3v) is 4.36. The highest BCUT2D eigenvalue weighted by Crippen LogP contribution is 2.18. The summed E-state index contributed by atoms with van der Waals surface area (Å²) in [4.78, 5) is 28.2. The van der Waals surface area contributed by atoms with E-state index in [9.17, 15) is 9.59 Å². The van der Waals surface area contributed by atoms with Crippen molar-refractivity contribution in [3.05, 3.63) is 58.8 Å². The number of fused-ring (bicyclic) bond motifs is 1. The van der Waals surface area contributed by atoms with Gasteiger partial charge >= 0.3 is 0 Å². The Balaban J connectivity index is 1.80. The fourth-order valence-corrected chi connectivity index (χ4v) is 3.15. The SMILES string of the molecule is CC(=O)NCCc1nc2ccccc2n1CC(=O)Nc1cccc(Br)c1. The van der Waals surface area contributed by atoms with E-state index >= 15 is 0 Å². The molecule has 0 aliphatic carbocycles. The summed E-state index contributed by atoms with van der Waals surface area (Å²) in [6.07, 6.45) is 0.554. The van der Waals surface area contributed by atoms with Crippen LogP contribution in [-0.4, -0.2) is 27.9 Å². The van der Waals surface area contributed by atoms with E-state index in [2.05, 4.69) is 31.5 Å². The summed E-state index contributed by atoms with van der Waals surface area (Å²) in [5.74, 6) is 0.552. The molecule has 0 fully saturated rings. The highest BCUT2D eigenvalue weighted by Gasteiger charge is 2.14. The van der Waals surface area contributed by atoms with E-state index in [1.165, 1.54) is 6.92 Å². The summed E-state index contributed by atoms with van der Waals surface area (Å²) in [7, 11) is 0. The Morgan fingerprint density at radius 2 is 1.96 bits per heavy atom. The molecule has 6 nitrogen and oxygen atoms in total. The monoisotopic (exact) mass is 414 g/mol. The number of halogens is 1. The number of imidazole rings is 1. The predicted octanol–water partition coefficient (Wildman–Crippen LogP) is 3.12. The summed E-state index contributed by atoms with van der Waals surface area (Å²) in [6.45, 7) is 2.11. The first-order chi connectivity index (χ1) is 12.5. The van der Waals surface area contributed by atoms with Crippen molar-refractivity contribution in [2.45, 2.75) is 19.9 Å². The second-order valence-corrected chi connectivity index (χ2v) is 6.81. The van der Waals surface area contributed by atoms with E-state index < -0.39 is 0 Å². The minimum absolute atomic E-state index is 0.0833. The number of benzene rings is 2. The molecule has 0 aliphatic rings. The zero-order chi connectivity index (χ0) is 18.5. The van der Waals surface area contributed by atoms with Crippen LogP contribution < -0.4 is 10.6 Å².